The number of hydrogen-bond acceptors (Lipinski definition) is 4. The van der Waals surface area contributed by atoms with Crippen molar-refractivity contribution < 1.29 is 23.5 Å². The first-order valence-corrected chi connectivity index (χ1v) is 6.63. The summed E-state index contributed by atoms with van der Waals surface area (Å²) < 4.78 is 25.8. The third-order valence-corrected chi connectivity index (χ3v) is 3.76. The molecule has 0 fully saturated rings. The normalized spacial score (nSPS) is 10.4. The second-order valence-electron chi connectivity index (χ2n) is 4.14. The van der Waals surface area contributed by atoms with E-state index in [1.54, 1.807) is 6.92 Å². The molecule has 5 nitrogen and oxygen atoms in total. The summed E-state index contributed by atoms with van der Waals surface area (Å²) in [6.07, 6.45) is 0. The number of amides is 1. The Morgan fingerprint density at radius 2 is 2.05 bits per heavy atom. The molecule has 2 rings (SSSR count). The second-order valence-corrected chi connectivity index (χ2v) is 5.22. The molecule has 1 amide bonds. The van der Waals surface area contributed by atoms with E-state index < -0.39 is 23.5 Å². The zero-order valence-corrected chi connectivity index (χ0v) is 11.6. The predicted molar refractivity (Wildman–Crippen MR) is 71.3 cm³/mol. The Balaban J connectivity index is 2.05. The van der Waals surface area contributed by atoms with Crippen molar-refractivity contribution in [2.45, 2.75) is 13.5 Å². The minimum atomic E-state index is -1.11. The van der Waals surface area contributed by atoms with Crippen molar-refractivity contribution in [1.29, 1.82) is 0 Å². The molecule has 1 heterocycles. The number of carbonyl (C=O) groups excluding carboxylic acids is 1. The highest BCUT2D eigenvalue weighted by Gasteiger charge is 2.15. The molecule has 21 heavy (non-hydrogen) atoms. The Morgan fingerprint density at radius 3 is 2.62 bits per heavy atom. The van der Waals surface area contributed by atoms with Crippen molar-refractivity contribution in [1.82, 2.24) is 10.3 Å². The maximum Gasteiger partial charge on any atom is 0.347 e. The number of carboxylic acids is 1. The van der Waals surface area contributed by atoms with E-state index in [0.717, 1.165) is 29.5 Å². The molecule has 0 aliphatic rings. The third-order valence-electron chi connectivity index (χ3n) is 2.62. The molecule has 0 unspecified atom stereocenters. The van der Waals surface area contributed by atoms with Crippen LogP contribution < -0.4 is 5.32 Å². The molecule has 110 valence electrons. The molecule has 0 atom stereocenters. The first kappa shape index (κ1) is 15.0. The van der Waals surface area contributed by atoms with Crippen LogP contribution in [0.25, 0.3) is 0 Å². The van der Waals surface area contributed by atoms with Crippen molar-refractivity contribution in [2.24, 2.45) is 0 Å². The number of nitrogens with one attached hydrogen (secondary N) is 1. The van der Waals surface area contributed by atoms with Gasteiger partial charge in [0.25, 0.3) is 5.91 Å². The van der Waals surface area contributed by atoms with Crippen LogP contribution in [0.15, 0.2) is 18.2 Å². The Kier molecular flexibility index (Phi) is 4.27. The van der Waals surface area contributed by atoms with Crippen LogP contribution in [0.3, 0.4) is 0 Å². The van der Waals surface area contributed by atoms with Gasteiger partial charge in [-0.2, -0.15) is 0 Å². The quantitative estimate of drug-likeness (QED) is 0.908. The maximum absolute atomic E-state index is 13.0. The van der Waals surface area contributed by atoms with E-state index in [-0.39, 0.29) is 17.0 Å². The van der Waals surface area contributed by atoms with Crippen LogP contribution in [0.4, 0.5) is 8.78 Å². The number of aryl methyl sites for hydroxylation is 1. The summed E-state index contributed by atoms with van der Waals surface area (Å²) in [4.78, 5) is 26.8. The van der Waals surface area contributed by atoms with Gasteiger partial charge in [-0.05, 0) is 25.1 Å². The lowest BCUT2D eigenvalue weighted by Gasteiger charge is -2.03. The maximum atomic E-state index is 13.0. The highest BCUT2D eigenvalue weighted by Crippen LogP contribution is 2.18. The Bertz CT molecular complexity index is 715. The summed E-state index contributed by atoms with van der Waals surface area (Å²) in [6.45, 7) is 1.57. The smallest absolute Gasteiger partial charge is 0.347 e. The van der Waals surface area contributed by atoms with Gasteiger partial charge < -0.3 is 10.4 Å². The topological polar surface area (TPSA) is 79.3 Å². The molecule has 8 heteroatoms. The number of carbonyl (C=O) groups is 2. The summed E-state index contributed by atoms with van der Waals surface area (Å²) in [5.74, 6) is -3.82. The van der Waals surface area contributed by atoms with E-state index >= 15 is 0 Å². The lowest BCUT2D eigenvalue weighted by atomic mass is 10.2. The lowest BCUT2D eigenvalue weighted by Crippen LogP contribution is -2.22. The Hall–Kier alpha value is -2.35. The van der Waals surface area contributed by atoms with E-state index in [2.05, 4.69) is 10.3 Å². The first-order valence-electron chi connectivity index (χ1n) is 5.81. The second kappa shape index (κ2) is 5.96. The van der Waals surface area contributed by atoms with E-state index in [1.165, 1.54) is 0 Å². The van der Waals surface area contributed by atoms with Gasteiger partial charge in [-0.3, -0.25) is 4.79 Å². The molecule has 0 radical (unpaired) electrons. The van der Waals surface area contributed by atoms with Crippen molar-refractivity contribution in [3.8, 4) is 0 Å². The Labute approximate surface area is 122 Å². The van der Waals surface area contributed by atoms with Crippen molar-refractivity contribution >= 4 is 23.2 Å². The van der Waals surface area contributed by atoms with Gasteiger partial charge in [0.05, 0.1) is 12.2 Å². The molecule has 0 aliphatic carbocycles. The number of thiazole rings is 1. The van der Waals surface area contributed by atoms with Gasteiger partial charge in [0.2, 0.25) is 0 Å². The zero-order valence-electron chi connectivity index (χ0n) is 10.8. The van der Waals surface area contributed by atoms with Crippen molar-refractivity contribution in [3.05, 3.63) is 51.0 Å². The van der Waals surface area contributed by atoms with Crippen LogP contribution in [-0.2, 0) is 6.54 Å². The van der Waals surface area contributed by atoms with Crippen LogP contribution in [0.2, 0.25) is 0 Å². The fraction of sp³-hybridized carbons (Fsp3) is 0.154. The summed E-state index contributed by atoms with van der Waals surface area (Å²) in [5.41, 5.74) is 0.338. The van der Waals surface area contributed by atoms with Gasteiger partial charge in [0, 0.05) is 5.56 Å². The molecule has 0 saturated heterocycles. The molecular weight excluding hydrogens is 302 g/mol. The van der Waals surface area contributed by atoms with E-state index in [4.69, 9.17) is 5.11 Å². The number of halogens is 2. The third kappa shape index (κ3) is 3.40. The minimum absolute atomic E-state index is 0.0105. The standard InChI is InChI=1S/C13H10F2N2O3S/c1-6-11(13(19)20)21-10(17-6)5-16-12(18)7-2-3-8(14)9(15)4-7/h2-4H,5H2,1H3,(H,16,18)(H,19,20). The number of nitrogens with zero attached hydrogens (tertiary/aromatic N) is 1. The SMILES string of the molecule is Cc1nc(CNC(=O)c2ccc(F)c(F)c2)sc1C(=O)O. The van der Waals surface area contributed by atoms with Gasteiger partial charge in [0.15, 0.2) is 11.6 Å². The number of carboxylic acid groups (broad SMARTS) is 1. The number of hydrogen-bond donors (Lipinski definition) is 2. The monoisotopic (exact) mass is 312 g/mol. The number of aromatic carboxylic acids is 1. The van der Waals surface area contributed by atoms with Crippen molar-refractivity contribution in [2.75, 3.05) is 0 Å². The molecule has 0 bridgehead atoms. The van der Waals surface area contributed by atoms with Gasteiger partial charge in [-0.15, -0.1) is 11.3 Å². The van der Waals surface area contributed by atoms with Gasteiger partial charge >= 0.3 is 5.97 Å². The van der Waals surface area contributed by atoms with Crippen molar-refractivity contribution in [3.63, 3.8) is 0 Å². The van der Waals surface area contributed by atoms with Crippen LogP contribution in [0.5, 0.6) is 0 Å². The lowest BCUT2D eigenvalue weighted by molar-refractivity contribution is 0.0701. The molecule has 2 N–H and O–H groups in total. The summed E-state index contributed by atoms with van der Waals surface area (Å²) in [6, 6.07) is 2.81. The fourth-order valence-corrected chi connectivity index (χ4v) is 2.46. The first-order chi connectivity index (χ1) is 9.88. The molecular formula is C13H10F2N2O3S. The van der Waals surface area contributed by atoms with Crippen LogP contribution in [0.1, 0.15) is 30.7 Å². The summed E-state index contributed by atoms with van der Waals surface area (Å²) >= 11 is 0.951. The summed E-state index contributed by atoms with van der Waals surface area (Å²) in [7, 11) is 0. The number of benzene rings is 1. The number of aromatic nitrogens is 1. The molecule has 2 aromatic rings. The molecule has 0 spiro atoms. The van der Waals surface area contributed by atoms with Gasteiger partial charge in [0.1, 0.15) is 9.88 Å². The van der Waals surface area contributed by atoms with Crippen LogP contribution in [-0.4, -0.2) is 22.0 Å². The van der Waals surface area contributed by atoms with Gasteiger partial charge in [-0.25, -0.2) is 18.6 Å². The highest BCUT2D eigenvalue weighted by atomic mass is 32.1. The zero-order chi connectivity index (χ0) is 15.6. The molecule has 0 saturated carbocycles. The van der Waals surface area contributed by atoms with E-state index in [0.29, 0.717) is 10.7 Å². The fourth-order valence-electron chi connectivity index (χ4n) is 1.62. The van der Waals surface area contributed by atoms with Crippen LogP contribution >= 0.6 is 11.3 Å². The summed E-state index contributed by atoms with van der Waals surface area (Å²) in [5, 5.41) is 11.8. The Morgan fingerprint density at radius 1 is 1.33 bits per heavy atom. The van der Waals surface area contributed by atoms with E-state index in [1.807, 2.05) is 0 Å². The van der Waals surface area contributed by atoms with E-state index in [9.17, 15) is 18.4 Å². The number of rotatable bonds is 4. The highest BCUT2D eigenvalue weighted by molar-refractivity contribution is 7.13. The molecule has 1 aromatic heterocycles. The van der Waals surface area contributed by atoms with Gasteiger partial charge in [-0.1, -0.05) is 0 Å². The molecule has 0 aliphatic heterocycles. The average Bonchev–Trinajstić information content (AvgIpc) is 2.80. The average molecular weight is 312 g/mol. The molecule has 1 aromatic carbocycles. The predicted octanol–water partition coefficient (Wildman–Crippen LogP) is 2.36. The largest absolute Gasteiger partial charge is 0.477 e. The minimum Gasteiger partial charge on any atom is -0.477 e. The van der Waals surface area contributed by atoms with Crippen LogP contribution in [0, 0.1) is 18.6 Å².